The van der Waals surface area contributed by atoms with Gasteiger partial charge in [-0.3, -0.25) is 0 Å². The maximum Gasteiger partial charge on any atom is 0.321 e. The number of para-hydroxylation sites is 1. The zero-order chi connectivity index (χ0) is 17.6. The van der Waals surface area contributed by atoms with E-state index in [2.05, 4.69) is 15.5 Å². The molecule has 130 valence electrons. The fourth-order valence-electron chi connectivity index (χ4n) is 2.57. The van der Waals surface area contributed by atoms with Crippen molar-refractivity contribution in [3.8, 4) is 0 Å². The van der Waals surface area contributed by atoms with Crippen molar-refractivity contribution in [2.75, 3.05) is 36.8 Å². The van der Waals surface area contributed by atoms with Gasteiger partial charge in [-0.05, 0) is 48.6 Å². The van der Waals surface area contributed by atoms with Gasteiger partial charge in [0.1, 0.15) is 0 Å². The van der Waals surface area contributed by atoms with Crippen LogP contribution in [0.4, 0.5) is 16.2 Å². The molecular weight excluding hydrogens is 356 g/mol. The number of benzene rings is 2. The Bertz CT molecular complexity index is 731. The minimum absolute atomic E-state index is 0.0811. The van der Waals surface area contributed by atoms with Crippen LogP contribution >= 0.6 is 23.8 Å². The number of halogens is 1. The highest BCUT2D eigenvalue weighted by atomic mass is 35.5. The topological polar surface area (TPSA) is 47.6 Å². The molecule has 1 fully saturated rings. The molecule has 0 unspecified atom stereocenters. The highest BCUT2D eigenvalue weighted by Crippen LogP contribution is 2.15. The van der Waals surface area contributed by atoms with Gasteiger partial charge in [0, 0.05) is 42.6 Å². The van der Waals surface area contributed by atoms with Crippen LogP contribution in [-0.2, 0) is 0 Å². The number of carbonyl (C=O) groups is 1. The molecule has 0 radical (unpaired) electrons. The first kappa shape index (κ1) is 17.5. The van der Waals surface area contributed by atoms with Crippen LogP contribution in [0.3, 0.4) is 0 Å². The molecule has 25 heavy (non-hydrogen) atoms. The monoisotopic (exact) mass is 374 g/mol. The van der Waals surface area contributed by atoms with Gasteiger partial charge in [-0.15, -0.1) is 0 Å². The van der Waals surface area contributed by atoms with Crippen LogP contribution in [0, 0.1) is 0 Å². The molecule has 7 heteroatoms. The lowest BCUT2D eigenvalue weighted by molar-refractivity contribution is 0.182. The van der Waals surface area contributed by atoms with Crippen molar-refractivity contribution in [3.63, 3.8) is 0 Å². The summed E-state index contributed by atoms with van der Waals surface area (Å²) in [5.41, 5.74) is 1.70. The summed E-state index contributed by atoms with van der Waals surface area (Å²) in [7, 11) is 0. The number of urea groups is 1. The number of hydrogen-bond acceptors (Lipinski definition) is 2. The van der Waals surface area contributed by atoms with Crippen LogP contribution in [0.1, 0.15) is 0 Å². The maximum atomic E-state index is 12.3. The molecule has 1 aliphatic heterocycles. The number of hydrogen-bond donors (Lipinski definition) is 2. The molecule has 2 aromatic carbocycles. The largest absolute Gasteiger partial charge is 0.345 e. The molecule has 2 amide bonds. The molecule has 0 bridgehead atoms. The van der Waals surface area contributed by atoms with Crippen LogP contribution in [-0.4, -0.2) is 47.1 Å². The minimum Gasteiger partial charge on any atom is -0.345 e. The van der Waals surface area contributed by atoms with Crippen molar-refractivity contribution in [1.82, 2.24) is 9.80 Å². The molecule has 1 heterocycles. The Kier molecular flexibility index (Phi) is 5.73. The first-order valence-electron chi connectivity index (χ1n) is 8.04. The van der Waals surface area contributed by atoms with Gasteiger partial charge < -0.3 is 20.4 Å². The molecule has 0 saturated carbocycles. The molecule has 3 rings (SSSR count). The van der Waals surface area contributed by atoms with Gasteiger partial charge >= 0.3 is 6.03 Å². The van der Waals surface area contributed by atoms with Crippen molar-refractivity contribution in [1.29, 1.82) is 0 Å². The molecule has 0 aliphatic carbocycles. The van der Waals surface area contributed by atoms with Gasteiger partial charge in [0.25, 0.3) is 0 Å². The zero-order valence-corrected chi connectivity index (χ0v) is 15.2. The fraction of sp³-hybridized carbons (Fsp3) is 0.222. The lowest BCUT2D eigenvalue weighted by Crippen LogP contribution is -2.52. The number of amides is 2. The van der Waals surface area contributed by atoms with E-state index >= 15 is 0 Å². The van der Waals surface area contributed by atoms with Gasteiger partial charge in [-0.2, -0.15) is 0 Å². The third kappa shape index (κ3) is 4.84. The fourth-order valence-corrected chi connectivity index (χ4v) is 3.00. The number of nitrogens with zero attached hydrogens (tertiary/aromatic N) is 2. The number of carbonyl (C=O) groups excluding carboxylic acids is 1. The first-order valence-corrected chi connectivity index (χ1v) is 8.83. The van der Waals surface area contributed by atoms with Gasteiger partial charge in [-0.1, -0.05) is 29.8 Å². The van der Waals surface area contributed by atoms with E-state index in [1.807, 2.05) is 54.6 Å². The number of nitrogens with one attached hydrogen (secondary N) is 2. The van der Waals surface area contributed by atoms with E-state index in [9.17, 15) is 4.79 Å². The third-order valence-electron chi connectivity index (χ3n) is 3.97. The quantitative estimate of drug-likeness (QED) is 0.783. The Labute approximate surface area is 157 Å². The standard InChI is InChI=1S/C18H19ClN4OS/c19-14-6-8-16(9-7-14)21-18(25)23-12-10-22(11-13-23)17(24)20-15-4-2-1-3-5-15/h1-9H,10-13H2,(H,20,24)(H,21,25). The molecule has 2 aromatic rings. The normalized spacial score (nSPS) is 14.1. The number of rotatable bonds is 2. The van der Waals surface area contributed by atoms with Gasteiger partial charge in [-0.25, -0.2) is 4.79 Å². The van der Waals surface area contributed by atoms with E-state index in [-0.39, 0.29) is 6.03 Å². The summed E-state index contributed by atoms with van der Waals surface area (Å²) in [5.74, 6) is 0. The van der Waals surface area contributed by atoms with E-state index in [4.69, 9.17) is 23.8 Å². The summed E-state index contributed by atoms with van der Waals surface area (Å²) in [6.07, 6.45) is 0. The molecule has 1 aliphatic rings. The number of thiocarbonyl (C=S) groups is 1. The molecule has 5 nitrogen and oxygen atoms in total. The summed E-state index contributed by atoms with van der Waals surface area (Å²) >= 11 is 11.3. The van der Waals surface area contributed by atoms with Crippen molar-refractivity contribution < 1.29 is 4.79 Å². The average Bonchev–Trinajstić information content (AvgIpc) is 2.64. The summed E-state index contributed by atoms with van der Waals surface area (Å²) in [6.45, 7) is 2.64. The Morgan fingerprint density at radius 1 is 0.840 bits per heavy atom. The summed E-state index contributed by atoms with van der Waals surface area (Å²) in [5, 5.41) is 7.46. The number of anilines is 2. The van der Waals surface area contributed by atoms with Gasteiger partial charge in [0.15, 0.2) is 5.11 Å². The highest BCUT2D eigenvalue weighted by Gasteiger charge is 2.22. The Balaban J connectivity index is 1.48. The second kappa shape index (κ2) is 8.18. The summed E-state index contributed by atoms with van der Waals surface area (Å²) in [4.78, 5) is 16.2. The molecule has 2 N–H and O–H groups in total. The van der Waals surface area contributed by atoms with E-state index in [0.717, 1.165) is 11.4 Å². The van der Waals surface area contributed by atoms with Crippen LogP contribution in [0.5, 0.6) is 0 Å². The van der Waals surface area contributed by atoms with Crippen molar-refractivity contribution in [2.45, 2.75) is 0 Å². The third-order valence-corrected chi connectivity index (χ3v) is 4.59. The van der Waals surface area contributed by atoms with Crippen LogP contribution in [0.15, 0.2) is 54.6 Å². The van der Waals surface area contributed by atoms with Gasteiger partial charge in [0.2, 0.25) is 0 Å². The smallest absolute Gasteiger partial charge is 0.321 e. The number of piperazine rings is 1. The average molecular weight is 375 g/mol. The highest BCUT2D eigenvalue weighted by molar-refractivity contribution is 7.80. The summed E-state index contributed by atoms with van der Waals surface area (Å²) < 4.78 is 0. The zero-order valence-electron chi connectivity index (χ0n) is 13.6. The molecule has 0 spiro atoms. The second-order valence-electron chi connectivity index (χ2n) is 5.71. The van der Waals surface area contributed by atoms with E-state index in [1.54, 1.807) is 4.90 Å². The van der Waals surface area contributed by atoms with Crippen LogP contribution in [0.2, 0.25) is 5.02 Å². The molecule has 0 atom stereocenters. The lowest BCUT2D eigenvalue weighted by Gasteiger charge is -2.36. The van der Waals surface area contributed by atoms with E-state index in [1.165, 1.54) is 0 Å². The summed E-state index contributed by atoms with van der Waals surface area (Å²) in [6, 6.07) is 16.8. The predicted molar refractivity (Wildman–Crippen MR) is 106 cm³/mol. The molecule has 0 aromatic heterocycles. The van der Waals surface area contributed by atoms with E-state index in [0.29, 0.717) is 36.3 Å². The lowest BCUT2D eigenvalue weighted by atomic mass is 10.3. The molecule has 1 saturated heterocycles. The minimum atomic E-state index is -0.0811. The maximum absolute atomic E-state index is 12.3. The van der Waals surface area contributed by atoms with Gasteiger partial charge in [0.05, 0.1) is 0 Å². The Morgan fingerprint density at radius 2 is 1.40 bits per heavy atom. The van der Waals surface area contributed by atoms with Crippen molar-refractivity contribution in [3.05, 3.63) is 59.6 Å². The van der Waals surface area contributed by atoms with Crippen molar-refractivity contribution >= 4 is 46.3 Å². The molecular formula is C18H19ClN4OS. The predicted octanol–water partition coefficient (Wildman–Crippen LogP) is 3.89. The SMILES string of the molecule is O=C(Nc1ccccc1)N1CCN(C(=S)Nc2ccc(Cl)cc2)CC1. The van der Waals surface area contributed by atoms with Crippen LogP contribution < -0.4 is 10.6 Å². The Morgan fingerprint density at radius 3 is 2.04 bits per heavy atom. The van der Waals surface area contributed by atoms with Crippen LogP contribution in [0.25, 0.3) is 0 Å². The second-order valence-corrected chi connectivity index (χ2v) is 6.53. The van der Waals surface area contributed by atoms with Crippen molar-refractivity contribution in [2.24, 2.45) is 0 Å². The van der Waals surface area contributed by atoms with E-state index < -0.39 is 0 Å². The Hall–Kier alpha value is -2.31. The first-order chi connectivity index (χ1) is 12.1.